The molecular weight excluding hydrogens is 454 g/mol. The summed E-state index contributed by atoms with van der Waals surface area (Å²) in [7, 11) is 0. The lowest BCUT2D eigenvalue weighted by atomic mass is 9.75. The van der Waals surface area contributed by atoms with Gasteiger partial charge in [0.05, 0.1) is 41.3 Å². The number of ether oxygens (including phenoxy) is 3. The number of amides is 2. The van der Waals surface area contributed by atoms with Crippen LogP contribution >= 0.6 is 0 Å². The Labute approximate surface area is 210 Å². The van der Waals surface area contributed by atoms with Crippen molar-refractivity contribution in [1.29, 1.82) is 0 Å². The first-order chi connectivity index (χ1) is 15.8. The van der Waals surface area contributed by atoms with E-state index < -0.39 is 40.2 Å². The third-order valence-electron chi connectivity index (χ3n) is 5.86. The van der Waals surface area contributed by atoms with Crippen LogP contribution in [0.25, 0.3) is 0 Å². The van der Waals surface area contributed by atoms with Gasteiger partial charge in [0.15, 0.2) is 0 Å². The molecule has 2 amide bonds. The van der Waals surface area contributed by atoms with Gasteiger partial charge in [-0.1, -0.05) is 0 Å². The van der Waals surface area contributed by atoms with Crippen LogP contribution in [0.1, 0.15) is 101 Å². The second-order valence-corrected chi connectivity index (χ2v) is 12.1. The minimum Gasteiger partial charge on any atom is -0.465 e. The Balaban J connectivity index is 2.54. The Morgan fingerprint density at radius 3 is 1.80 bits per heavy atom. The van der Waals surface area contributed by atoms with Crippen LogP contribution in [-0.2, 0) is 38.2 Å². The van der Waals surface area contributed by atoms with E-state index in [-0.39, 0.29) is 37.6 Å². The molecule has 1 aliphatic rings. The van der Waals surface area contributed by atoms with Crippen LogP contribution in [-0.4, -0.2) is 59.3 Å². The summed E-state index contributed by atoms with van der Waals surface area (Å²) in [5.41, 5.74) is -2.90. The molecule has 0 aliphatic carbocycles. The molecule has 0 aromatic heterocycles. The van der Waals surface area contributed by atoms with Crippen LogP contribution in [0.15, 0.2) is 0 Å². The second-order valence-electron chi connectivity index (χ2n) is 12.1. The van der Waals surface area contributed by atoms with E-state index in [1.165, 1.54) is 0 Å². The summed E-state index contributed by atoms with van der Waals surface area (Å²) in [4.78, 5) is 54.0. The molecule has 9 nitrogen and oxygen atoms in total. The van der Waals surface area contributed by atoms with Gasteiger partial charge >= 0.3 is 11.9 Å². The summed E-state index contributed by atoms with van der Waals surface area (Å²) in [6.45, 7) is 19.2. The molecule has 0 N–H and O–H groups in total. The first-order valence-corrected chi connectivity index (χ1v) is 12.4. The fourth-order valence-electron chi connectivity index (χ4n) is 4.04. The maximum absolute atomic E-state index is 12.8. The highest BCUT2D eigenvalue weighted by Crippen LogP contribution is 2.36. The van der Waals surface area contributed by atoms with E-state index in [9.17, 15) is 19.2 Å². The molecule has 0 spiro atoms. The van der Waals surface area contributed by atoms with Gasteiger partial charge in [-0.05, 0) is 82.1 Å². The van der Waals surface area contributed by atoms with Gasteiger partial charge in [-0.25, -0.2) is 4.79 Å². The molecule has 1 aliphatic heterocycles. The molecule has 0 unspecified atom stereocenters. The van der Waals surface area contributed by atoms with E-state index in [0.717, 1.165) is 6.42 Å². The van der Waals surface area contributed by atoms with E-state index in [2.05, 4.69) is 0 Å². The highest BCUT2D eigenvalue weighted by Gasteiger charge is 2.44. The van der Waals surface area contributed by atoms with Crippen LogP contribution < -0.4 is 0 Å². The Morgan fingerprint density at radius 2 is 1.29 bits per heavy atom. The van der Waals surface area contributed by atoms with E-state index in [4.69, 9.17) is 19.0 Å². The van der Waals surface area contributed by atoms with Gasteiger partial charge in [0.2, 0.25) is 0 Å². The highest BCUT2D eigenvalue weighted by atomic mass is 16.7. The summed E-state index contributed by atoms with van der Waals surface area (Å²) >= 11 is 0. The lowest BCUT2D eigenvalue weighted by Gasteiger charge is -2.33. The lowest BCUT2D eigenvalue weighted by molar-refractivity contribution is -0.205. The average molecular weight is 500 g/mol. The van der Waals surface area contributed by atoms with Gasteiger partial charge in [0, 0.05) is 19.3 Å². The van der Waals surface area contributed by atoms with Crippen LogP contribution in [0.4, 0.5) is 0 Å². The number of hydrogen-bond acceptors (Lipinski definition) is 8. The number of hydroxylamine groups is 2. The van der Waals surface area contributed by atoms with Gasteiger partial charge in [-0.2, -0.15) is 0 Å². The van der Waals surface area contributed by atoms with E-state index in [0.29, 0.717) is 18.1 Å². The number of imide groups is 1. The maximum atomic E-state index is 12.8. The molecular formula is C26H45NO8. The van der Waals surface area contributed by atoms with Crippen molar-refractivity contribution in [2.24, 2.45) is 10.8 Å². The summed E-state index contributed by atoms with van der Waals surface area (Å²) in [6.07, 6.45) is 1.53. The van der Waals surface area contributed by atoms with E-state index in [1.807, 2.05) is 41.5 Å². The molecule has 35 heavy (non-hydrogen) atoms. The van der Waals surface area contributed by atoms with Crippen molar-refractivity contribution in [3.05, 3.63) is 0 Å². The van der Waals surface area contributed by atoms with Gasteiger partial charge in [-0.15, -0.1) is 5.06 Å². The molecule has 9 heteroatoms. The smallest absolute Gasteiger partial charge is 0.338 e. The summed E-state index contributed by atoms with van der Waals surface area (Å²) in [6, 6.07) is 0. The standard InChI is InChI=1S/C26H45NO8/c1-18(2)34-26(9,10)14-16-33-25(7,8)13-15-32-21(30)23(3,4)17-24(5,6)22(31)35-27-19(28)11-12-20(27)29/h18H,11-17H2,1-10H3. The topological polar surface area (TPSA) is 108 Å². The first kappa shape index (κ1) is 31.0. The van der Waals surface area contributed by atoms with Crippen LogP contribution in [0.5, 0.6) is 0 Å². The van der Waals surface area contributed by atoms with Crippen molar-refractivity contribution >= 4 is 23.8 Å². The molecule has 1 heterocycles. The predicted octanol–water partition coefficient (Wildman–Crippen LogP) is 4.36. The van der Waals surface area contributed by atoms with Crippen LogP contribution in [0.2, 0.25) is 0 Å². The van der Waals surface area contributed by atoms with E-state index in [1.54, 1.807) is 27.7 Å². The van der Waals surface area contributed by atoms with Crippen LogP contribution in [0.3, 0.4) is 0 Å². The Bertz CT molecular complexity index is 766. The van der Waals surface area contributed by atoms with Crippen molar-refractivity contribution in [2.45, 2.75) is 119 Å². The van der Waals surface area contributed by atoms with Crippen molar-refractivity contribution in [1.82, 2.24) is 5.06 Å². The minimum atomic E-state index is -1.13. The van der Waals surface area contributed by atoms with Crippen molar-refractivity contribution in [3.8, 4) is 0 Å². The fraction of sp³-hybridized carbons (Fsp3) is 0.846. The fourth-order valence-corrected chi connectivity index (χ4v) is 4.04. The zero-order valence-electron chi connectivity index (χ0n) is 23.2. The molecule has 1 saturated heterocycles. The number of esters is 1. The normalized spacial score (nSPS) is 15.7. The molecule has 0 atom stereocenters. The highest BCUT2D eigenvalue weighted by molar-refractivity contribution is 6.01. The lowest BCUT2D eigenvalue weighted by Crippen LogP contribution is -2.41. The zero-order valence-corrected chi connectivity index (χ0v) is 23.2. The number of carbonyl (C=O) groups excluding carboxylic acids is 4. The Hall–Kier alpha value is -2.00. The molecule has 0 radical (unpaired) electrons. The monoisotopic (exact) mass is 499 g/mol. The molecule has 0 aromatic rings. The Kier molecular flexibility index (Phi) is 10.5. The molecule has 202 valence electrons. The molecule has 0 aromatic carbocycles. The summed E-state index contributed by atoms with van der Waals surface area (Å²) in [5, 5.41) is 0.521. The number of nitrogens with zero attached hydrogens (tertiary/aromatic N) is 1. The number of carbonyl (C=O) groups is 4. The molecule has 1 rings (SSSR count). The van der Waals surface area contributed by atoms with Gasteiger partial charge in [0.1, 0.15) is 0 Å². The number of hydrogen-bond donors (Lipinski definition) is 0. The van der Waals surface area contributed by atoms with Gasteiger partial charge in [-0.3, -0.25) is 14.4 Å². The molecule has 0 bridgehead atoms. The third kappa shape index (κ3) is 10.3. The van der Waals surface area contributed by atoms with Crippen molar-refractivity contribution in [3.63, 3.8) is 0 Å². The first-order valence-electron chi connectivity index (χ1n) is 12.4. The Morgan fingerprint density at radius 1 is 0.800 bits per heavy atom. The van der Waals surface area contributed by atoms with Gasteiger partial charge in [0.25, 0.3) is 11.8 Å². The van der Waals surface area contributed by atoms with E-state index >= 15 is 0 Å². The maximum Gasteiger partial charge on any atom is 0.338 e. The second kappa shape index (κ2) is 11.8. The minimum absolute atomic E-state index is 0.0217. The third-order valence-corrected chi connectivity index (χ3v) is 5.86. The molecule has 0 saturated carbocycles. The summed E-state index contributed by atoms with van der Waals surface area (Å²) < 4.78 is 17.4. The predicted molar refractivity (Wildman–Crippen MR) is 130 cm³/mol. The quantitative estimate of drug-likeness (QED) is 0.256. The van der Waals surface area contributed by atoms with Crippen molar-refractivity contribution in [2.75, 3.05) is 13.2 Å². The zero-order chi connectivity index (χ0) is 27.2. The summed E-state index contributed by atoms with van der Waals surface area (Å²) in [5.74, 6) is -2.29. The molecule has 1 fully saturated rings. The largest absolute Gasteiger partial charge is 0.465 e. The number of rotatable bonds is 14. The van der Waals surface area contributed by atoms with Crippen molar-refractivity contribution < 1.29 is 38.2 Å². The average Bonchev–Trinajstić information content (AvgIpc) is 2.97. The SMILES string of the molecule is CC(C)OC(C)(C)CCOC(C)(C)CCOC(=O)C(C)(C)CC(C)(C)C(=O)ON1C(=O)CCC1=O. The van der Waals surface area contributed by atoms with Gasteiger partial charge < -0.3 is 19.0 Å². The van der Waals surface area contributed by atoms with Crippen LogP contribution in [0, 0.1) is 10.8 Å².